The number of hydrogen-bond acceptors (Lipinski definition) is 2. The van der Waals surface area contributed by atoms with Gasteiger partial charge in [0.25, 0.3) is 0 Å². The molecule has 0 aliphatic carbocycles. The van der Waals surface area contributed by atoms with E-state index in [0.717, 1.165) is 35.0 Å². The van der Waals surface area contributed by atoms with Gasteiger partial charge in [0.15, 0.2) is 0 Å². The summed E-state index contributed by atoms with van der Waals surface area (Å²) in [7, 11) is 0. The summed E-state index contributed by atoms with van der Waals surface area (Å²) in [6.07, 6.45) is 3.26. The van der Waals surface area contributed by atoms with Crippen LogP contribution >= 0.6 is 11.6 Å². The van der Waals surface area contributed by atoms with E-state index in [0.29, 0.717) is 11.2 Å². The number of halogens is 1. The summed E-state index contributed by atoms with van der Waals surface area (Å²) in [6.45, 7) is 9.56. The summed E-state index contributed by atoms with van der Waals surface area (Å²) in [5, 5.41) is 5.19. The van der Waals surface area contributed by atoms with Crippen molar-refractivity contribution in [2.75, 3.05) is 6.54 Å². The molecule has 2 rings (SSSR count). The quantitative estimate of drug-likeness (QED) is 0.787. The largest absolute Gasteiger partial charge is 0.311 e. The van der Waals surface area contributed by atoms with Gasteiger partial charge in [0, 0.05) is 17.0 Å². The highest BCUT2D eigenvalue weighted by atomic mass is 35.5. The summed E-state index contributed by atoms with van der Waals surface area (Å²) in [5.41, 5.74) is 4.38. The molecule has 1 heterocycles. The van der Waals surface area contributed by atoms with E-state index >= 15 is 0 Å². The van der Waals surface area contributed by atoms with Gasteiger partial charge in [-0.2, -0.15) is 0 Å². The number of aryl methyl sites for hydroxylation is 1. The van der Waals surface area contributed by atoms with Crippen molar-refractivity contribution in [2.45, 2.75) is 40.2 Å². The average Bonchev–Trinajstić information content (AvgIpc) is 2.46. The minimum Gasteiger partial charge on any atom is -0.311 e. The van der Waals surface area contributed by atoms with Crippen LogP contribution in [-0.4, -0.2) is 17.6 Å². The molecule has 3 heteroatoms. The lowest BCUT2D eigenvalue weighted by Gasteiger charge is -2.14. The number of nitrogens with one attached hydrogen (secondary N) is 1. The minimum absolute atomic E-state index is 0.342. The lowest BCUT2D eigenvalue weighted by molar-refractivity contribution is 0.604. The van der Waals surface area contributed by atoms with Gasteiger partial charge in [-0.05, 0) is 45.4 Å². The van der Waals surface area contributed by atoms with E-state index in [2.05, 4.69) is 68.3 Å². The zero-order chi connectivity index (χ0) is 15.4. The maximum atomic E-state index is 6.35. The second-order valence-corrected chi connectivity index (χ2v) is 5.94. The number of nitrogens with zero attached hydrogens (tertiary/aromatic N) is 1. The molecule has 0 saturated carbocycles. The van der Waals surface area contributed by atoms with Crippen LogP contribution in [0.25, 0.3) is 17.0 Å². The standard InChI is InChI=1S/C18H23ClN2/c1-5-9-20-14(4)13(3)10-16-11-15-8-6-7-12(2)17(15)21-18(16)19/h6-8,10-11,14,20H,5,9H2,1-4H3/b13-10+. The molecule has 1 atom stereocenters. The van der Waals surface area contributed by atoms with Gasteiger partial charge in [-0.25, -0.2) is 4.98 Å². The fourth-order valence-electron chi connectivity index (χ4n) is 2.33. The lowest BCUT2D eigenvalue weighted by Crippen LogP contribution is -2.27. The molecule has 1 aromatic carbocycles. The minimum atomic E-state index is 0.342. The second-order valence-electron chi connectivity index (χ2n) is 5.58. The van der Waals surface area contributed by atoms with Gasteiger partial charge in [-0.3, -0.25) is 0 Å². The second kappa shape index (κ2) is 7.06. The number of benzene rings is 1. The summed E-state index contributed by atoms with van der Waals surface area (Å²) >= 11 is 6.35. The van der Waals surface area contributed by atoms with Crippen LogP contribution in [0.1, 0.15) is 38.3 Å². The first-order chi connectivity index (χ1) is 10.0. The molecule has 2 aromatic rings. The van der Waals surface area contributed by atoms with Crippen LogP contribution < -0.4 is 5.32 Å². The molecule has 0 bridgehead atoms. The summed E-state index contributed by atoms with van der Waals surface area (Å²) in [6, 6.07) is 8.65. The monoisotopic (exact) mass is 302 g/mol. The molecule has 0 aliphatic rings. The van der Waals surface area contributed by atoms with Crippen LogP contribution in [0, 0.1) is 6.92 Å². The number of aromatic nitrogens is 1. The maximum Gasteiger partial charge on any atom is 0.137 e. The zero-order valence-electron chi connectivity index (χ0n) is 13.2. The molecule has 0 aliphatic heterocycles. The van der Waals surface area contributed by atoms with Crippen LogP contribution in [0.3, 0.4) is 0 Å². The van der Waals surface area contributed by atoms with E-state index in [1.807, 2.05) is 0 Å². The van der Waals surface area contributed by atoms with Crippen molar-refractivity contribution in [3.63, 3.8) is 0 Å². The Balaban J connectivity index is 2.36. The third-order valence-electron chi connectivity index (χ3n) is 3.79. The molecule has 21 heavy (non-hydrogen) atoms. The van der Waals surface area contributed by atoms with Crippen molar-refractivity contribution in [3.05, 3.63) is 46.1 Å². The first kappa shape index (κ1) is 16.0. The maximum absolute atomic E-state index is 6.35. The van der Waals surface area contributed by atoms with Gasteiger partial charge in [-0.15, -0.1) is 0 Å². The van der Waals surface area contributed by atoms with E-state index in [-0.39, 0.29) is 0 Å². The van der Waals surface area contributed by atoms with Gasteiger partial charge in [0.2, 0.25) is 0 Å². The molecule has 0 saturated heterocycles. The molecule has 0 spiro atoms. The van der Waals surface area contributed by atoms with Gasteiger partial charge < -0.3 is 5.32 Å². The zero-order valence-corrected chi connectivity index (χ0v) is 14.0. The average molecular weight is 303 g/mol. The third-order valence-corrected chi connectivity index (χ3v) is 4.10. The van der Waals surface area contributed by atoms with Crippen molar-refractivity contribution in [1.82, 2.24) is 10.3 Å². The van der Waals surface area contributed by atoms with Gasteiger partial charge in [0.1, 0.15) is 5.15 Å². The summed E-state index contributed by atoms with van der Waals surface area (Å²) in [4.78, 5) is 4.55. The molecular weight excluding hydrogens is 280 g/mol. The Morgan fingerprint density at radius 3 is 2.90 bits per heavy atom. The number of hydrogen-bond donors (Lipinski definition) is 1. The molecule has 0 amide bonds. The molecule has 1 N–H and O–H groups in total. The van der Waals surface area contributed by atoms with E-state index in [1.54, 1.807) is 0 Å². The molecule has 0 fully saturated rings. The van der Waals surface area contributed by atoms with Gasteiger partial charge in [-0.1, -0.05) is 48.4 Å². The predicted molar refractivity (Wildman–Crippen MR) is 92.9 cm³/mol. The lowest BCUT2D eigenvalue weighted by atomic mass is 10.0. The van der Waals surface area contributed by atoms with E-state index in [1.165, 1.54) is 5.57 Å². The molecule has 1 unspecified atom stereocenters. The van der Waals surface area contributed by atoms with Crippen molar-refractivity contribution in [3.8, 4) is 0 Å². The molecule has 112 valence electrons. The molecule has 1 aromatic heterocycles. The predicted octanol–water partition coefficient (Wildman–Crippen LogP) is 4.99. The first-order valence-electron chi connectivity index (χ1n) is 7.50. The number of para-hydroxylation sites is 1. The third kappa shape index (κ3) is 3.84. The van der Waals surface area contributed by atoms with E-state index < -0.39 is 0 Å². The Kier molecular flexibility index (Phi) is 5.38. The van der Waals surface area contributed by atoms with Crippen LogP contribution in [0.4, 0.5) is 0 Å². The Bertz CT molecular complexity index is 662. The van der Waals surface area contributed by atoms with Gasteiger partial charge in [0.05, 0.1) is 5.52 Å². The highest BCUT2D eigenvalue weighted by Crippen LogP contribution is 2.25. The van der Waals surface area contributed by atoms with Gasteiger partial charge >= 0.3 is 0 Å². The summed E-state index contributed by atoms with van der Waals surface area (Å²) < 4.78 is 0. The van der Waals surface area contributed by atoms with Crippen LogP contribution in [0.5, 0.6) is 0 Å². The highest BCUT2D eigenvalue weighted by molar-refractivity contribution is 6.31. The highest BCUT2D eigenvalue weighted by Gasteiger charge is 2.07. The van der Waals surface area contributed by atoms with Crippen LogP contribution in [-0.2, 0) is 0 Å². The van der Waals surface area contributed by atoms with Crippen LogP contribution in [0.15, 0.2) is 29.8 Å². The smallest absolute Gasteiger partial charge is 0.137 e. The molecule has 0 radical (unpaired) electrons. The Morgan fingerprint density at radius 1 is 1.43 bits per heavy atom. The Morgan fingerprint density at radius 2 is 2.19 bits per heavy atom. The Hall–Kier alpha value is -1.38. The topological polar surface area (TPSA) is 24.9 Å². The first-order valence-corrected chi connectivity index (χ1v) is 7.88. The number of fused-ring (bicyclic) bond motifs is 1. The number of rotatable bonds is 5. The SMILES string of the molecule is CCCNC(C)/C(C)=C/c1cc2cccc(C)c2nc1Cl. The number of pyridine rings is 1. The molecular formula is C18H23ClN2. The van der Waals surface area contributed by atoms with Crippen molar-refractivity contribution >= 4 is 28.6 Å². The Labute approximate surface area is 132 Å². The normalized spacial score (nSPS) is 13.7. The fraction of sp³-hybridized carbons (Fsp3) is 0.389. The summed E-state index contributed by atoms with van der Waals surface area (Å²) in [5.74, 6) is 0. The van der Waals surface area contributed by atoms with Crippen molar-refractivity contribution < 1.29 is 0 Å². The molecule has 2 nitrogen and oxygen atoms in total. The fourth-order valence-corrected chi connectivity index (χ4v) is 2.53. The van der Waals surface area contributed by atoms with Crippen molar-refractivity contribution in [1.29, 1.82) is 0 Å². The van der Waals surface area contributed by atoms with E-state index in [4.69, 9.17) is 11.6 Å². The van der Waals surface area contributed by atoms with Crippen molar-refractivity contribution in [2.24, 2.45) is 0 Å². The van der Waals surface area contributed by atoms with Crippen LogP contribution in [0.2, 0.25) is 5.15 Å². The van der Waals surface area contributed by atoms with E-state index in [9.17, 15) is 0 Å².